The van der Waals surface area contributed by atoms with Crippen LogP contribution < -0.4 is 4.90 Å². The van der Waals surface area contributed by atoms with Crippen molar-refractivity contribution in [1.82, 2.24) is 0 Å². The van der Waals surface area contributed by atoms with Gasteiger partial charge in [0.25, 0.3) is 5.91 Å². The van der Waals surface area contributed by atoms with Crippen molar-refractivity contribution in [2.45, 2.75) is 25.8 Å². The molecule has 1 unspecified atom stereocenters. The first-order valence-electron chi connectivity index (χ1n) is 7.84. The van der Waals surface area contributed by atoms with Crippen molar-refractivity contribution in [2.24, 2.45) is 0 Å². The van der Waals surface area contributed by atoms with Crippen molar-refractivity contribution in [3.05, 3.63) is 64.7 Å². The van der Waals surface area contributed by atoms with E-state index in [1.807, 2.05) is 31.2 Å². The lowest BCUT2D eigenvalue weighted by Crippen LogP contribution is -2.38. The fraction of sp³-hybridized carbons (Fsp3) is 0.263. The molecule has 0 radical (unpaired) electrons. The van der Waals surface area contributed by atoms with Gasteiger partial charge in [-0.15, -0.1) is 0 Å². The minimum atomic E-state index is -0.425. The number of carbonyl (C=O) groups excluding carboxylic acids is 2. The van der Waals surface area contributed by atoms with Gasteiger partial charge in [0.1, 0.15) is 0 Å². The molecule has 0 aromatic heterocycles. The van der Waals surface area contributed by atoms with E-state index in [4.69, 9.17) is 16.3 Å². The molecule has 0 saturated heterocycles. The van der Waals surface area contributed by atoms with Crippen LogP contribution in [0.4, 0.5) is 5.69 Å². The van der Waals surface area contributed by atoms with Crippen LogP contribution in [-0.4, -0.2) is 24.5 Å². The predicted molar refractivity (Wildman–Crippen MR) is 93.2 cm³/mol. The van der Waals surface area contributed by atoms with Crippen molar-refractivity contribution in [2.75, 3.05) is 11.5 Å². The Hall–Kier alpha value is -2.33. The summed E-state index contributed by atoms with van der Waals surface area (Å²) in [7, 11) is 0. The van der Waals surface area contributed by atoms with E-state index in [0.29, 0.717) is 5.02 Å². The third kappa shape index (κ3) is 3.60. The van der Waals surface area contributed by atoms with Crippen LogP contribution in [0.5, 0.6) is 0 Å². The lowest BCUT2D eigenvalue weighted by molar-refractivity contribution is -0.147. The maximum absolute atomic E-state index is 12.5. The largest absolute Gasteiger partial charge is 0.455 e. The Bertz CT molecular complexity index is 757. The van der Waals surface area contributed by atoms with Crippen LogP contribution >= 0.6 is 11.6 Å². The molecule has 4 nitrogen and oxygen atoms in total. The first-order valence-corrected chi connectivity index (χ1v) is 8.22. The van der Waals surface area contributed by atoms with Crippen LogP contribution in [-0.2, 0) is 27.2 Å². The molecule has 1 atom stereocenters. The summed E-state index contributed by atoms with van der Waals surface area (Å²) in [6, 6.07) is 14.9. The molecule has 2 aromatic carbocycles. The Morgan fingerprint density at radius 3 is 2.62 bits per heavy atom. The van der Waals surface area contributed by atoms with Gasteiger partial charge in [0.2, 0.25) is 0 Å². The number of ether oxygens (including phenoxy) is 1. The Morgan fingerprint density at radius 1 is 1.17 bits per heavy atom. The third-order valence-electron chi connectivity index (χ3n) is 4.09. The highest BCUT2D eigenvalue weighted by atomic mass is 35.5. The number of carbonyl (C=O) groups is 2. The number of esters is 1. The number of hydrogen-bond acceptors (Lipinski definition) is 3. The summed E-state index contributed by atoms with van der Waals surface area (Å²) in [4.78, 5) is 26.1. The van der Waals surface area contributed by atoms with Crippen molar-refractivity contribution in [3.63, 3.8) is 0 Å². The molecular formula is C19H18ClNO3. The van der Waals surface area contributed by atoms with Gasteiger partial charge in [0.05, 0.1) is 6.42 Å². The van der Waals surface area contributed by atoms with Crippen LogP contribution in [0.3, 0.4) is 0 Å². The summed E-state index contributed by atoms with van der Waals surface area (Å²) in [5.41, 5.74) is 2.85. The van der Waals surface area contributed by atoms with E-state index in [-0.39, 0.29) is 25.0 Å². The Labute approximate surface area is 146 Å². The SMILES string of the molecule is CC1Cc2ccccc2N1C(=O)COC(=O)Cc1ccc(Cl)cc1. The molecule has 0 aliphatic carbocycles. The zero-order valence-corrected chi connectivity index (χ0v) is 14.1. The smallest absolute Gasteiger partial charge is 0.310 e. The van der Waals surface area contributed by atoms with Gasteiger partial charge in [-0.25, -0.2) is 0 Å². The fourth-order valence-corrected chi connectivity index (χ4v) is 3.10. The molecular weight excluding hydrogens is 326 g/mol. The number of amides is 1. The second kappa shape index (κ2) is 7.05. The van der Waals surface area contributed by atoms with Crippen LogP contribution in [0.2, 0.25) is 5.02 Å². The normalized spacial score (nSPS) is 15.9. The van der Waals surface area contributed by atoms with Crippen molar-refractivity contribution in [1.29, 1.82) is 0 Å². The van der Waals surface area contributed by atoms with E-state index in [9.17, 15) is 9.59 Å². The van der Waals surface area contributed by atoms with Crippen LogP contribution in [0.25, 0.3) is 0 Å². The number of halogens is 1. The summed E-state index contributed by atoms with van der Waals surface area (Å²) in [6.07, 6.45) is 0.942. The Morgan fingerprint density at radius 2 is 1.88 bits per heavy atom. The fourth-order valence-electron chi connectivity index (χ4n) is 2.98. The highest BCUT2D eigenvalue weighted by Gasteiger charge is 2.30. The molecule has 0 saturated carbocycles. The van der Waals surface area contributed by atoms with Gasteiger partial charge in [-0.2, -0.15) is 0 Å². The number of fused-ring (bicyclic) bond motifs is 1. The number of para-hydroxylation sites is 1. The predicted octanol–water partition coefficient (Wildman–Crippen LogP) is 3.40. The second-order valence-corrected chi connectivity index (χ2v) is 6.35. The summed E-state index contributed by atoms with van der Waals surface area (Å²) >= 11 is 5.81. The molecule has 3 rings (SSSR count). The van der Waals surface area contributed by atoms with E-state index >= 15 is 0 Å². The van der Waals surface area contributed by atoms with E-state index in [1.165, 1.54) is 0 Å². The molecule has 0 fully saturated rings. The maximum atomic E-state index is 12.5. The van der Waals surface area contributed by atoms with E-state index in [2.05, 4.69) is 0 Å². The second-order valence-electron chi connectivity index (χ2n) is 5.91. The van der Waals surface area contributed by atoms with Gasteiger partial charge in [-0.05, 0) is 42.7 Å². The summed E-state index contributed by atoms with van der Waals surface area (Å²) in [5, 5.41) is 0.615. The summed E-state index contributed by atoms with van der Waals surface area (Å²) in [6.45, 7) is 1.75. The zero-order valence-electron chi connectivity index (χ0n) is 13.4. The minimum Gasteiger partial charge on any atom is -0.455 e. The average Bonchev–Trinajstić information content (AvgIpc) is 2.90. The molecule has 0 spiro atoms. The van der Waals surface area contributed by atoms with Crippen molar-refractivity contribution < 1.29 is 14.3 Å². The highest BCUT2D eigenvalue weighted by Crippen LogP contribution is 2.31. The average molecular weight is 344 g/mol. The minimum absolute atomic E-state index is 0.0740. The van der Waals surface area contributed by atoms with Gasteiger partial charge in [-0.3, -0.25) is 9.59 Å². The maximum Gasteiger partial charge on any atom is 0.310 e. The van der Waals surface area contributed by atoms with Gasteiger partial charge < -0.3 is 9.64 Å². The van der Waals surface area contributed by atoms with Crippen LogP contribution in [0.15, 0.2) is 48.5 Å². The first-order chi connectivity index (χ1) is 11.5. The van der Waals surface area contributed by atoms with Gasteiger partial charge in [0.15, 0.2) is 6.61 Å². The van der Waals surface area contributed by atoms with Gasteiger partial charge in [0, 0.05) is 16.8 Å². The Balaban J connectivity index is 1.57. The molecule has 1 heterocycles. The molecule has 5 heteroatoms. The molecule has 0 N–H and O–H groups in total. The zero-order chi connectivity index (χ0) is 17.1. The number of nitrogens with zero attached hydrogens (tertiary/aromatic N) is 1. The molecule has 1 aliphatic heterocycles. The molecule has 24 heavy (non-hydrogen) atoms. The number of hydrogen-bond donors (Lipinski definition) is 0. The van der Waals surface area contributed by atoms with Crippen molar-refractivity contribution >= 4 is 29.2 Å². The Kier molecular flexibility index (Phi) is 4.86. The van der Waals surface area contributed by atoms with E-state index in [0.717, 1.165) is 23.2 Å². The number of benzene rings is 2. The molecule has 2 aromatic rings. The highest BCUT2D eigenvalue weighted by molar-refractivity contribution is 6.30. The quantitative estimate of drug-likeness (QED) is 0.799. The van der Waals surface area contributed by atoms with Crippen LogP contribution in [0.1, 0.15) is 18.1 Å². The van der Waals surface area contributed by atoms with Gasteiger partial charge >= 0.3 is 5.97 Å². The topological polar surface area (TPSA) is 46.6 Å². The molecule has 124 valence electrons. The van der Waals surface area contributed by atoms with Crippen LogP contribution in [0, 0.1) is 0 Å². The first kappa shape index (κ1) is 16.5. The molecule has 1 aliphatic rings. The molecule has 1 amide bonds. The number of rotatable bonds is 4. The van der Waals surface area contributed by atoms with Crippen molar-refractivity contribution in [3.8, 4) is 0 Å². The van der Waals surface area contributed by atoms with E-state index in [1.54, 1.807) is 29.2 Å². The lowest BCUT2D eigenvalue weighted by atomic mass is 10.1. The lowest BCUT2D eigenvalue weighted by Gasteiger charge is -2.22. The van der Waals surface area contributed by atoms with E-state index < -0.39 is 5.97 Å². The standard InChI is InChI=1S/C19H18ClNO3/c1-13-10-15-4-2-3-5-17(15)21(13)18(22)12-24-19(23)11-14-6-8-16(20)9-7-14/h2-9,13H,10-12H2,1H3. The number of anilines is 1. The third-order valence-corrected chi connectivity index (χ3v) is 4.35. The monoisotopic (exact) mass is 343 g/mol. The summed E-state index contributed by atoms with van der Waals surface area (Å²) in [5.74, 6) is -0.622. The summed E-state index contributed by atoms with van der Waals surface area (Å²) < 4.78 is 5.15. The van der Waals surface area contributed by atoms with Gasteiger partial charge in [-0.1, -0.05) is 41.9 Å². The molecule has 0 bridgehead atoms.